The Morgan fingerprint density at radius 2 is 0.833 bits per heavy atom. The van der Waals surface area contributed by atoms with E-state index in [2.05, 4.69) is 60.7 Å². The molecular formula is C42H44O6. The van der Waals surface area contributed by atoms with Crippen molar-refractivity contribution in [2.45, 2.75) is 63.6 Å². The molecule has 0 aliphatic carbocycles. The summed E-state index contributed by atoms with van der Waals surface area (Å²) in [5, 5.41) is 0. The van der Waals surface area contributed by atoms with Gasteiger partial charge in [0, 0.05) is 0 Å². The standard InChI is InChI=1S/C42H44O6/c1-6-16-33(17-7-1)26-43-31-38(45-28-35-20-10-3-11-21-35)41-42(47-30-37-24-14-5-15-25-37)40(46-29-36-22-12-4-13-23-36)39(48-41)32-44-27-34-18-8-2-9-19-34/h1-25,38-42H,26-32H2/t38-,39-,40-,41-,42+/m1/s1. The summed E-state index contributed by atoms with van der Waals surface area (Å²) >= 11 is 0. The fraction of sp³-hybridized carbons (Fsp3) is 0.286. The predicted molar refractivity (Wildman–Crippen MR) is 186 cm³/mol. The van der Waals surface area contributed by atoms with Crippen LogP contribution in [0.1, 0.15) is 27.8 Å². The van der Waals surface area contributed by atoms with Crippen LogP contribution in [0.4, 0.5) is 0 Å². The molecule has 1 heterocycles. The van der Waals surface area contributed by atoms with E-state index in [0.717, 1.165) is 27.8 Å². The lowest BCUT2D eigenvalue weighted by molar-refractivity contribution is -0.144. The zero-order valence-electron chi connectivity index (χ0n) is 27.2. The van der Waals surface area contributed by atoms with Gasteiger partial charge in [0.05, 0.1) is 46.2 Å². The van der Waals surface area contributed by atoms with Gasteiger partial charge in [0.25, 0.3) is 0 Å². The molecule has 0 unspecified atom stereocenters. The van der Waals surface area contributed by atoms with Crippen LogP contribution >= 0.6 is 0 Å². The first-order valence-corrected chi connectivity index (χ1v) is 16.7. The van der Waals surface area contributed by atoms with Gasteiger partial charge in [-0.25, -0.2) is 0 Å². The van der Waals surface area contributed by atoms with Crippen molar-refractivity contribution >= 4 is 0 Å². The van der Waals surface area contributed by atoms with Crippen LogP contribution in [0.2, 0.25) is 0 Å². The first-order valence-electron chi connectivity index (χ1n) is 16.7. The molecule has 0 N–H and O–H groups in total. The summed E-state index contributed by atoms with van der Waals surface area (Å²) in [5.41, 5.74) is 5.42. The van der Waals surface area contributed by atoms with E-state index in [1.807, 2.05) is 91.0 Å². The van der Waals surface area contributed by atoms with Crippen molar-refractivity contribution in [2.75, 3.05) is 13.2 Å². The fourth-order valence-corrected chi connectivity index (χ4v) is 5.86. The van der Waals surface area contributed by atoms with E-state index in [1.54, 1.807) is 0 Å². The minimum absolute atomic E-state index is 0.320. The Bertz CT molecular complexity index is 1570. The van der Waals surface area contributed by atoms with Crippen LogP contribution in [-0.4, -0.2) is 43.7 Å². The average Bonchev–Trinajstić information content (AvgIpc) is 3.50. The Hall–Kier alpha value is -4.14. The molecule has 1 fully saturated rings. The van der Waals surface area contributed by atoms with Crippen molar-refractivity contribution < 1.29 is 28.4 Å². The summed E-state index contributed by atoms with van der Waals surface area (Å²) in [6, 6.07) is 50.9. The molecule has 0 saturated carbocycles. The van der Waals surface area contributed by atoms with Gasteiger partial charge in [-0.1, -0.05) is 152 Å². The van der Waals surface area contributed by atoms with Crippen LogP contribution in [-0.2, 0) is 61.5 Å². The number of ether oxygens (including phenoxy) is 6. The third-order valence-electron chi connectivity index (χ3n) is 8.38. The summed E-state index contributed by atoms with van der Waals surface area (Å²) in [4.78, 5) is 0. The monoisotopic (exact) mass is 644 g/mol. The lowest BCUT2D eigenvalue weighted by Gasteiger charge is -2.29. The van der Waals surface area contributed by atoms with Gasteiger partial charge >= 0.3 is 0 Å². The molecule has 0 radical (unpaired) electrons. The maximum Gasteiger partial charge on any atom is 0.115 e. The quantitative estimate of drug-likeness (QED) is 0.0966. The fourth-order valence-electron chi connectivity index (χ4n) is 5.86. The second kappa shape index (κ2) is 18.4. The molecule has 5 aromatic carbocycles. The van der Waals surface area contributed by atoms with Gasteiger partial charge in [0.15, 0.2) is 0 Å². The Morgan fingerprint density at radius 3 is 1.31 bits per heavy atom. The summed E-state index contributed by atoms with van der Waals surface area (Å²) in [7, 11) is 0. The van der Waals surface area contributed by atoms with Gasteiger partial charge in [0.1, 0.15) is 30.5 Å². The number of hydrogen-bond donors (Lipinski definition) is 0. The van der Waals surface area contributed by atoms with Crippen LogP contribution in [0.5, 0.6) is 0 Å². The highest BCUT2D eigenvalue weighted by molar-refractivity contribution is 5.17. The highest BCUT2D eigenvalue weighted by Gasteiger charge is 2.50. The largest absolute Gasteiger partial charge is 0.374 e. The third-order valence-corrected chi connectivity index (χ3v) is 8.38. The number of rotatable bonds is 18. The zero-order chi connectivity index (χ0) is 32.6. The van der Waals surface area contributed by atoms with Crippen molar-refractivity contribution in [2.24, 2.45) is 0 Å². The Kier molecular flexibility index (Phi) is 12.9. The van der Waals surface area contributed by atoms with Gasteiger partial charge in [-0.15, -0.1) is 0 Å². The molecule has 5 atom stereocenters. The molecule has 0 bridgehead atoms. The van der Waals surface area contributed by atoms with Crippen LogP contribution in [0.15, 0.2) is 152 Å². The Labute approximate surface area is 284 Å². The zero-order valence-corrected chi connectivity index (χ0v) is 27.2. The molecule has 1 saturated heterocycles. The Morgan fingerprint density at radius 1 is 0.438 bits per heavy atom. The van der Waals surface area contributed by atoms with E-state index in [-0.39, 0.29) is 6.10 Å². The molecule has 6 nitrogen and oxygen atoms in total. The van der Waals surface area contributed by atoms with E-state index in [4.69, 9.17) is 28.4 Å². The van der Waals surface area contributed by atoms with Crippen LogP contribution in [0.3, 0.4) is 0 Å². The molecule has 1 aliphatic rings. The van der Waals surface area contributed by atoms with E-state index in [9.17, 15) is 0 Å². The highest BCUT2D eigenvalue weighted by Crippen LogP contribution is 2.32. The summed E-state index contributed by atoms with van der Waals surface area (Å²) in [5.74, 6) is 0. The maximum absolute atomic E-state index is 6.87. The lowest BCUT2D eigenvalue weighted by atomic mass is 10.0. The van der Waals surface area contributed by atoms with Crippen LogP contribution < -0.4 is 0 Å². The van der Waals surface area contributed by atoms with Crippen LogP contribution in [0.25, 0.3) is 0 Å². The molecular weight excluding hydrogens is 600 g/mol. The van der Waals surface area contributed by atoms with Gasteiger partial charge in [-0.3, -0.25) is 0 Å². The van der Waals surface area contributed by atoms with Crippen molar-refractivity contribution in [1.29, 1.82) is 0 Å². The second-order valence-corrected chi connectivity index (χ2v) is 12.0. The highest BCUT2D eigenvalue weighted by atomic mass is 16.6. The molecule has 0 spiro atoms. The predicted octanol–water partition coefficient (Wildman–Crippen LogP) is 7.94. The van der Waals surface area contributed by atoms with Crippen molar-refractivity contribution in [3.05, 3.63) is 179 Å². The van der Waals surface area contributed by atoms with Crippen molar-refractivity contribution in [3.8, 4) is 0 Å². The lowest BCUT2D eigenvalue weighted by Crippen LogP contribution is -2.45. The topological polar surface area (TPSA) is 55.4 Å². The van der Waals surface area contributed by atoms with Crippen LogP contribution in [0, 0.1) is 0 Å². The van der Waals surface area contributed by atoms with E-state index in [1.165, 1.54) is 0 Å². The van der Waals surface area contributed by atoms with Gasteiger partial charge in [-0.05, 0) is 27.8 Å². The molecule has 1 aliphatic heterocycles. The first-order chi connectivity index (χ1) is 23.8. The number of hydrogen-bond acceptors (Lipinski definition) is 6. The SMILES string of the molecule is c1ccc(COC[C@@H](OCc2ccccc2)[C@H]2O[C@H](COCc3ccccc3)[C@@H](OCc3ccccc3)[C@@H]2OCc2ccccc2)cc1. The van der Waals surface area contributed by atoms with Crippen molar-refractivity contribution in [1.82, 2.24) is 0 Å². The van der Waals surface area contributed by atoms with Gasteiger partial charge in [-0.2, -0.15) is 0 Å². The molecule has 6 rings (SSSR count). The molecule has 48 heavy (non-hydrogen) atoms. The molecule has 5 aromatic rings. The summed E-state index contributed by atoms with van der Waals surface area (Å²) < 4.78 is 39.5. The first kappa shape index (κ1) is 33.7. The summed E-state index contributed by atoms with van der Waals surface area (Å²) in [6.07, 6.45) is -2.15. The molecule has 0 aromatic heterocycles. The second-order valence-electron chi connectivity index (χ2n) is 12.0. The molecule has 0 amide bonds. The minimum Gasteiger partial charge on any atom is -0.374 e. The van der Waals surface area contributed by atoms with Gasteiger partial charge in [0.2, 0.25) is 0 Å². The minimum atomic E-state index is -0.473. The van der Waals surface area contributed by atoms with E-state index in [0.29, 0.717) is 46.2 Å². The third kappa shape index (κ3) is 10.2. The van der Waals surface area contributed by atoms with Crippen molar-refractivity contribution in [3.63, 3.8) is 0 Å². The van der Waals surface area contributed by atoms with E-state index >= 15 is 0 Å². The number of benzene rings is 5. The average molecular weight is 645 g/mol. The maximum atomic E-state index is 6.87. The smallest absolute Gasteiger partial charge is 0.115 e. The Balaban J connectivity index is 1.25. The normalized spacial score (nSPS) is 19.7. The van der Waals surface area contributed by atoms with E-state index < -0.39 is 24.4 Å². The van der Waals surface area contributed by atoms with Gasteiger partial charge < -0.3 is 28.4 Å². The molecule has 248 valence electrons. The summed E-state index contributed by atoms with van der Waals surface area (Å²) in [6.45, 7) is 2.84. The molecule has 6 heteroatoms.